The van der Waals surface area contributed by atoms with E-state index in [4.69, 9.17) is 0 Å². The minimum Gasteiger partial charge on any atom is -0.350 e. The molecule has 5 nitrogen and oxygen atoms in total. The molecule has 2 N–H and O–H groups in total. The van der Waals surface area contributed by atoms with Gasteiger partial charge in [-0.1, -0.05) is 18.2 Å². The number of anilines is 1. The summed E-state index contributed by atoms with van der Waals surface area (Å²) in [5.41, 5.74) is 0.762. The zero-order valence-corrected chi connectivity index (χ0v) is 17.2. The van der Waals surface area contributed by atoms with E-state index in [9.17, 15) is 4.79 Å². The minimum absolute atomic E-state index is 0. The number of aliphatic imine (C=N–C) groups is 1. The van der Waals surface area contributed by atoms with Gasteiger partial charge in [0.2, 0.25) is 5.91 Å². The summed E-state index contributed by atoms with van der Waals surface area (Å²) < 4.78 is 0. The Morgan fingerprint density at radius 1 is 1.12 bits per heavy atom. The van der Waals surface area contributed by atoms with Gasteiger partial charge in [-0.2, -0.15) is 0 Å². The highest BCUT2D eigenvalue weighted by Gasteiger charge is 2.17. The molecule has 24 heavy (non-hydrogen) atoms. The van der Waals surface area contributed by atoms with Gasteiger partial charge < -0.3 is 15.5 Å². The van der Waals surface area contributed by atoms with E-state index in [1.54, 1.807) is 0 Å². The molecule has 1 heterocycles. The summed E-state index contributed by atoms with van der Waals surface area (Å²) in [5, 5.41) is 6.31. The zero-order valence-electron chi connectivity index (χ0n) is 14.8. The molecule has 0 bridgehead atoms. The number of carbonyl (C=O) groups is 1. The van der Waals surface area contributed by atoms with Crippen LogP contribution in [0.1, 0.15) is 40.0 Å². The molecule has 1 aliphatic rings. The van der Waals surface area contributed by atoms with Crippen LogP contribution in [0.25, 0.3) is 0 Å². The summed E-state index contributed by atoms with van der Waals surface area (Å²) in [4.78, 5) is 18.8. The summed E-state index contributed by atoms with van der Waals surface area (Å²) in [6, 6.07) is 9.98. The summed E-state index contributed by atoms with van der Waals surface area (Å²) in [7, 11) is 0. The highest BCUT2D eigenvalue weighted by atomic mass is 127. The van der Waals surface area contributed by atoms with Crippen LogP contribution in [0, 0.1) is 0 Å². The number of nitrogens with one attached hydrogen (secondary N) is 2. The van der Waals surface area contributed by atoms with Crippen LogP contribution < -0.4 is 10.6 Å². The van der Waals surface area contributed by atoms with Gasteiger partial charge in [-0.25, -0.2) is 4.99 Å². The lowest BCUT2D eigenvalue weighted by molar-refractivity contribution is -0.121. The van der Waals surface area contributed by atoms with E-state index < -0.39 is 0 Å². The summed E-state index contributed by atoms with van der Waals surface area (Å²) in [6.45, 7) is 8.04. The molecule has 6 heteroatoms. The van der Waals surface area contributed by atoms with Crippen molar-refractivity contribution in [2.75, 3.05) is 25.0 Å². The van der Waals surface area contributed by atoms with Crippen LogP contribution in [-0.4, -0.2) is 41.9 Å². The average molecular weight is 444 g/mol. The molecule has 0 radical (unpaired) electrons. The van der Waals surface area contributed by atoms with Crippen LogP contribution in [0.3, 0.4) is 0 Å². The lowest BCUT2D eigenvalue weighted by Gasteiger charge is -2.30. The second-order valence-corrected chi connectivity index (χ2v) is 6.98. The van der Waals surface area contributed by atoms with Crippen molar-refractivity contribution in [1.82, 2.24) is 10.2 Å². The van der Waals surface area contributed by atoms with Gasteiger partial charge in [0.25, 0.3) is 0 Å². The van der Waals surface area contributed by atoms with Crippen molar-refractivity contribution >= 4 is 41.5 Å². The number of guanidine groups is 1. The highest BCUT2D eigenvalue weighted by Crippen LogP contribution is 2.12. The zero-order chi connectivity index (χ0) is 16.7. The van der Waals surface area contributed by atoms with Crippen LogP contribution in [0.5, 0.6) is 0 Å². The number of hydrogen-bond acceptors (Lipinski definition) is 2. The molecule has 1 fully saturated rings. The largest absolute Gasteiger partial charge is 0.350 e. The Morgan fingerprint density at radius 3 is 2.33 bits per heavy atom. The second kappa shape index (κ2) is 9.86. The smallest absolute Gasteiger partial charge is 0.242 e. The van der Waals surface area contributed by atoms with Gasteiger partial charge in [0, 0.05) is 24.3 Å². The normalized spacial score (nSPS) is 15.5. The van der Waals surface area contributed by atoms with Crippen molar-refractivity contribution < 1.29 is 4.79 Å². The molecule has 0 spiro atoms. The topological polar surface area (TPSA) is 56.7 Å². The number of likely N-dealkylation sites (tertiary alicyclic amines) is 1. The van der Waals surface area contributed by atoms with Gasteiger partial charge in [-0.05, 0) is 52.2 Å². The maximum Gasteiger partial charge on any atom is 0.242 e. The van der Waals surface area contributed by atoms with Crippen molar-refractivity contribution in [3.05, 3.63) is 30.3 Å². The Balaban J connectivity index is 0.00000288. The lowest BCUT2D eigenvalue weighted by atomic mass is 10.1. The van der Waals surface area contributed by atoms with Crippen molar-refractivity contribution in [1.29, 1.82) is 0 Å². The number of para-hydroxylation sites is 1. The van der Waals surface area contributed by atoms with Gasteiger partial charge in [0.15, 0.2) is 5.96 Å². The fourth-order valence-corrected chi connectivity index (χ4v) is 2.58. The molecule has 2 rings (SSSR count). The van der Waals surface area contributed by atoms with Crippen LogP contribution in [0.2, 0.25) is 0 Å². The molecule has 0 atom stereocenters. The first-order valence-electron chi connectivity index (χ1n) is 8.36. The van der Waals surface area contributed by atoms with E-state index in [2.05, 4.69) is 20.5 Å². The molecule has 134 valence electrons. The van der Waals surface area contributed by atoms with Gasteiger partial charge >= 0.3 is 0 Å². The molecule has 0 unspecified atom stereocenters. The number of hydrogen-bond donors (Lipinski definition) is 2. The molecule has 1 aliphatic heterocycles. The van der Waals surface area contributed by atoms with E-state index in [0.717, 1.165) is 24.7 Å². The Bertz CT molecular complexity index is 534. The second-order valence-electron chi connectivity index (χ2n) is 6.98. The Kier molecular flexibility index (Phi) is 8.52. The first-order chi connectivity index (χ1) is 10.9. The van der Waals surface area contributed by atoms with Crippen LogP contribution in [-0.2, 0) is 4.79 Å². The number of halogens is 1. The standard InChI is InChI=1S/C18H28N4O.HI/c1-18(2,3)21-16(23)14-19-17(22-12-8-5-9-13-22)20-15-10-6-4-7-11-15;/h4,6-7,10-11H,5,8-9,12-14H2,1-3H3,(H,19,20)(H,21,23);1H. The minimum atomic E-state index is -0.231. The van der Waals surface area contributed by atoms with Crippen molar-refractivity contribution in [3.63, 3.8) is 0 Å². The Labute approximate surface area is 162 Å². The lowest BCUT2D eigenvalue weighted by Crippen LogP contribution is -2.43. The molecular weight excluding hydrogens is 415 g/mol. The van der Waals surface area contributed by atoms with Crippen LogP contribution >= 0.6 is 24.0 Å². The molecule has 0 saturated carbocycles. The van der Waals surface area contributed by atoms with Gasteiger partial charge in [0.1, 0.15) is 6.54 Å². The molecule has 0 aromatic heterocycles. The van der Waals surface area contributed by atoms with Crippen molar-refractivity contribution in [2.45, 2.75) is 45.6 Å². The number of nitrogens with zero attached hydrogens (tertiary/aromatic N) is 2. The van der Waals surface area contributed by atoms with Gasteiger partial charge in [-0.15, -0.1) is 24.0 Å². The third-order valence-electron chi connectivity index (χ3n) is 3.57. The van der Waals surface area contributed by atoms with E-state index in [1.807, 2.05) is 51.1 Å². The fraction of sp³-hybridized carbons (Fsp3) is 0.556. The third-order valence-corrected chi connectivity index (χ3v) is 3.57. The predicted octanol–water partition coefficient (Wildman–Crippen LogP) is 3.47. The molecule has 1 aromatic rings. The molecule has 1 saturated heterocycles. The molecular formula is C18H29IN4O. The van der Waals surface area contributed by atoms with Crippen molar-refractivity contribution in [2.24, 2.45) is 4.99 Å². The monoisotopic (exact) mass is 444 g/mol. The van der Waals surface area contributed by atoms with Crippen LogP contribution in [0.15, 0.2) is 35.3 Å². The summed E-state index contributed by atoms with van der Waals surface area (Å²) in [5.74, 6) is 0.738. The van der Waals surface area contributed by atoms with Gasteiger partial charge in [-0.3, -0.25) is 4.79 Å². The number of rotatable bonds is 3. The Hall–Kier alpha value is -1.31. The maximum absolute atomic E-state index is 12.0. The van der Waals surface area contributed by atoms with Gasteiger partial charge in [0.05, 0.1) is 0 Å². The first-order valence-corrected chi connectivity index (χ1v) is 8.36. The first kappa shape index (κ1) is 20.7. The highest BCUT2D eigenvalue weighted by molar-refractivity contribution is 14.0. The van der Waals surface area contributed by atoms with E-state index >= 15 is 0 Å². The van der Waals surface area contributed by atoms with E-state index in [1.165, 1.54) is 19.3 Å². The number of carbonyl (C=O) groups excluding carboxylic acids is 1. The summed E-state index contributed by atoms with van der Waals surface area (Å²) in [6.07, 6.45) is 3.60. The van der Waals surface area contributed by atoms with Crippen molar-refractivity contribution in [3.8, 4) is 0 Å². The number of benzene rings is 1. The molecule has 1 amide bonds. The van der Waals surface area contributed by atoms with E-state index in [0.29, 0.717) is 0 Å². The quantitative estimate of drug-likeness (QED) is 0.427. The predicted molar refractivity (Wildman–Crippen MR) is 111 cm³/mol. The average Bonchev–Trinajstić information content (AvgIpc) is 2.51. The third kappa shape index (κ3) is 7.51. The van der Waals surface area contributed by atoms with Crippen LogP contribution in [0.4, 0.5) is 5.69 Å². The number of piperidine rings is 1. The fourth-order valence-electron chi connectivity index (χ4n) is 2.58. The number of amides is 1. The molecule has 0 aliphatic carbocycles. The van der Waals surface area contributed by atoms with E-state index in [-0.39, 0.29) is 42.0 Å². The Morgan fingerprint density at radius 2 is 1.75 bits per heavy atom. The maximum atomic E-state index is 12.0. The summed E-state index contributed by atoms with van der Waals surface area (Å²) >= 11 is 0. The molecule has 1 aromatic carbocycles. The SMILES string of the molecule is CC(C)(C)NC(=O)CN=C(Nc1ccccc1)N1CCCCC1.I.